The number of benzene rings is 1. The molecule has 0 spiro atoms. The average Bonchev–Trinajstić information content (AvgIpc) is 3.25. The highest BCUT2D eigenvalue weighted by Crippen LogP contribution is 2.32. The van der Waals surface area contributed by atoms with E-state index in [1.54, 1.807) is 0 Å². The summed E-state index contributed by atoms with van der Waals surface area (Å²) in [5.41, 5.74) is 2.00. The van der Waals surface area contributed by atoms with Gasteiger partial charge < -0.3 is 24.8 Å². The van der Waals surface area contributed by atoms with Crippen molar-refractivity contribution in [1.82, 2.24) is 19.5 Å². The molecule has 0 bridgehead atoms. The highest BCUT2D eigenvalue weighted by molar-refractivity contribution is 5.76. The Morgan fingerprint density at radius 2 is 1.89 bits per heavy atom. The van der Waals surface area contributed by atoms with Crippen molar-refractivity contribution in [2.75, 3.05) is 13.2 Å². The maximum atomic E-state index is 10.2. The zero-order chi connectivity index (χ0) is 18.8. The van der Waals surface area contributed by atoms with Crippen LogP contribution in [0.25, 0.3) is 11.2 Å². The molecule has 4 rings (SSSR count). The van der Waals surface area contributed by atoms with Gasteiger partial charge in [0.15, 0.2) is 17.4 Å². The van der Waals surface area contributed by atoms with E-state index >= 15 is 0 Å². The summed E-state index contributed by atoms with van der Waals surface area (Å²) in [5, 5.41) is 29.4. The molecule has 3 aromatic rings. The van der Waals surface area contributed by atoms with Crippen LogP contribution in [-0.4, -0.2) is 66.4 Å². The average molecular weight is 372 g/mol. The van der Waals surface area contributed by atoms with Gasteiger partial charge in [0.2, 0.25) is 5.88 Å². The standard InChI is InChI=1S/C18H20N4O5/c23-8-12-14(24)15(25)18(27-12)22-10-21-13-16(22)19-9-20-17(13)26-7-6-11-4-2-1-3-5-11/h1-5,9-10,12,14-15,18,23-25H,6-8H2/t12-,14-,15-,18?/m1/s1. The van der Waals surface area contributed by atoms with E-state index in [1.165, 1.54) is 17.2 Å². The lowest BCUT2D eigenvalue weighted by molar-refractivity contribution is -0.0511. The third-order valence-electron chi connectivity index (χ3n) is 4.59. The quantitative estimate of drug-likeness (QED) is 0.555. The summed E-state index contributed by atoms with van der Waals surface area (Å²) in [5.74, 6) is 0.335. The van der Waals surface area contributed by atoms with Crippen molar-refractivity contribution in [3.63, 3.8) is 0 Å². The smallest absolute Gasteiger partial charge is 0.245 e. The second-order valence-electron chi connectivity index (χ2n) is 6.32. The molecule has 142 valence electrons. The Bertz CT molecular complexity index is 903. The molecule has 0 aliphatic carbocycles. The predicted octanol–water partition coefficient (Wildman–Crippen LogP) is 0.0593. The largest absolute Gasteiger partial charge is 0.476 e. The van der Waals surface area contributed by atoms with Crippen molar-refractivity contribution in [2.24, 2.45) is 0 Å². The summed E-state index contributed by atoms with van der Waals surface area (Å²) in [7, 11) is 0. The molecule has 0 saturated carbocycles. The van der Waals surface area contributed by atoms with Crippen LogP contribution < -0.4 is 4.74 Å². The Balaban J connectivity index is 1.53. The van der Waals surface area contributed by atoms with E-state index in [9.17, 15) is 15.3 Å². The van der Waals surface area contributed by atoms with E-state index in [0.29, 0.717) is 23.7 Å². The number of ether oxygens (including phenoxy) is 2. The van der Waals surface area contributed by atoms with Gasteiger partial charge in [-0.1, -0.05) is 30.3 Å². The number of aliphatic hydroxyl groups is 3. The molecular weight excluding hydrogens is 352 g/mol. The third kappa shape index (κ3) is 3.37. The highest BCUT2D eigenvalue weighted by atomic mass is 16.6. The molecule has 3 N–H and O–H groups in total. The van der Waals surface area contributed by atoms with Gasteiger partial charge in [-0.2, -0.15) is 4.98 Å². The first-order valence-electron chi connectivity index (χ1n) is 8.65. The van der Waals surface area contributed by atoms with Gasteiger partial charge in [-0.15, -0.1) is 0 Å². The van der Waals surface area contributed by atoms with Crippen LogP contribution in [0.4, 0.5) is 0 Å². The van der Waals surface area contributed by atoms with Crippen LogP contribution in [0, 0.1) is 0 Å². The van der Waals surface area contributed by atoms with Crippen LogP contribution in [-0.2, 0) is 11.2 Å². The zero-order valence-corrected chi connectivity index (χ0v) is 14.4. The second-order valence-corrected chi connectivity index (χ2v) is 6.32. The number of nitrogens with zero attached hydrogens (tertiary/aromatic N) is 4. The molecular formula is C18H20N4O5. The van der Waals surface area contributed by atoms with Crippen LogP contribution in [0.2, 0.25) is 0 Å². The molecule has 1 fully saturated rings. The molecule has 4 atom stereocenters. The van der Waals surface area contributed by atoms with E-state index in [0.717, 1.165) is 12.0 Å². The van der Waals surface area contributed by atoms with Crippen molar-refractivity contribution in [3.05, 3.63) is 48.5 Å². The Morgan fingerprint density at radius 1 is 1.07 bits per heavy atom. The van der Waals surface area contributed by atoms with E-state index in [2.05, 4.69) is 15.0 Å². The SMILES string of the molecule is OC[C@H]1OC(n2cnc3c(OCCc4ccccc4)ncnc32)[C@H](O)[C@@H]1O. The molecule has 9 nitrogen and oxygen atoms in total. The van der Waals surface area contributed by atoms with Crippen molar-refractivity contribution in [2.45, 2.75) is 31.0 Å². The number of fused-ring (bicyclic) bond motifs is 1. The van der Waals surface area contributed by atoms with Crippen LogP contribution in [0.3, 0.4) is 0 Å². The maximum absolute atomic E-state index is 10.2. The van der Waals surface area contributed by atoms with Crippen molar-refractivity contribution in [3.8, 4) is 5.88 Å². The Kier molecular flexibility index (Phi) is 4.99. The molecule has 27 heavy (non-hydrogen) atoms. The minimum Gasteiger partial charge on any atom is -0.476 e. The Labute approximate surface area is 154 Å². The van der Waals surface area contributed by atoms with Gasteiger partial charge in [0.25, 0.3) is 0 Å². The van der Waals surface area contributed by atoms with E-state index < -0.39 is 31.1 Å². The van der Waals surface area contributed by atoms with Crippen LogP contribution in [0.15, 0.2) is 43.0 Å². The fourth-order valence-electron chi connectivity index (χ4n) is 3.14. The van der Waals surface area contributed by atoms with Crippen LogP contribution in [0.1, 0.15) is 11.8 Å². The molecule has 1 unspecified atom stereocenters. The molecule has 1 aliphatic rings. The van der Waals surface area contributed by atoms with Crippen molar-refractivity contribution in [1.29, 1.82) is 0 Å². The molecule has 2 aromatic heterocycles. The number of hydrogen-bond donors (Lipinski definition) is 3. The lowest BCUT2D eigenvalue weighted by atomic mass is 10.1. The number of hydrogen-bond acceptors (Lipinski definition) is 8. The Hall–Kier alpha value is -2.59. The highest BCUT2D eigenvalue weighted by Gasteiger charge is 2.44. The molecule has 1 aromatic carbocycles. The number of aliphatic hydroxyl groups excluding tert-OH is 3. The Morgan fingerprint density at radius 3 is 2.63 bits per heavy atom. The first-order chi connectivity index (χ1) is 13.2. The van der Waals surface area contributed by atoms with E-state index in [1.807, 2.05) is 30.3 Å². The van der Waals surface area contributed by atoms with Gasteiger partial charge in [-0.3, -0.25) is 4.57 Å². The number of rotatable bonds is 6. The lowest BCUT2D eigenvalue weighted by Crippen LogP contribution is -2.33. The summed E-state index contributed by atoms with van der Waals surface area (Å²) >= 11 is 0. The van der Waals surface area contributed by atoms with Gasteiger partial charge in [0, 0.05) is 6.42 Å². The first-order valence-corrected chi connectivity index (χ1v) is 8.65. The second kappa shape index (κ2) is 7.57. The molecule has 0 radical (unpaired) electrons. The summed E-state index contributed by atoms with van der Waals surface area (Å²) in [6, 6.07) is 9.95. The van der Waals surface area contributed by atoms with E-state index in [-0.39, 0.29) is 0 Å². The lowest BCUT2D eigenvalue weighted by Gasteiger charge is -2.16. The topological polar surface area (TPSA) is 123 Å². The fourth-order valence-corrected chi connectivity index (χ4v) is 3.14. The number of aromatic nitrogens is 4. The molecule has 0 amide bonds. The predicted molar refractivity (Wildman–Crippen MR) is 94.0 cm³/mol. The molecule has 1 aliphatic heterocycles. The fraction of sp³-hybridized carbons (Fsp3) is 0.389. The summed E-state index contributed by atoms with van der Waals surface area (Å²) in [6.45, 7) is 0.0288. The number of imidazole rings is 1. The molecule has 9 heteroatoms. The zero-order valence-electron chi connectivity index (χ0n) is 14.4. The van der Waals surface area contributed by atoms with E-state index in [4.69, 9.17) is 9.47 Å². The van der Waals surface area contributed by atoms with Crippen molar-refractivity contribution >= 4 is 11.2 Å². The van der Waals surface area contributed by atoms with Gasteiger partial charge in [-0.25, -0.2) is 9.97 Å². The van der Waals surface area contributed by atoms with Gasteiger partial charge in [-0.05, 0) is 5.56 Å². The van der Waals surface area contributed by atoms with Crippen molar-refractivity contribution < 1.29 is 24.8 Å². The summed E-state index contributed by atoms with van der Waals surface area (Å²) in [4.78, 5) is 12.6. The summed E-state index contributed by atoms with van der Waals surface area (Å²) in [6.07, 6.45) is -0.663. The van der Waals surface area contributed by atoms with Gasteiger partial charge in [0.05, 0.1) is 19.5 Å². The normalized spacial score (nSPS) is 25.1. The minimum atomic E-state index is -1.21. The monoisotopic (exact) mass is 372 g/mol. The third-order valence-corrected chi connectivity index (χ3v) is 4.59. The first kappa shape index (κ1) is 17.8. The van der Waals surface area contributed by atoms with Gasteiger partial charge >= 0.3 is 0 Å². The summed E-state index contributed by atoms with van der Waals surface area (Å²) < 4.78 is 12.8. The van der Waals surface area contributed by atoms with Crippen LogP contribution >= 0.6 is 0 Å². The maximum Gasteiger partial charge on any atom is 0.245 e. The minimum absolute atomic E-state index is 0.335. The van der Waals surface area contributed by atoms with Crippen LogP contribution in [0.5, 0.6) is 5.88 Å². The molecule has 1 saturated heterocycles. The van der Waals surface area contributed by atoms with Gasteiger partial charge in [0.1, 0.15) is 24.6 Å². The molecule has 3 heterocycles.